The molecule has 1 aromatic heterocycles. The zero-order valence-corrected chi connectivity index (χ0v) is 18.8. The fourth-order valence-electron chi connectivity index (χ4n) is 5.69. The average molecular weight is 473 g/mol. The summed E-state index contributed by atoms with van der Waals surface area (Å²) < 4.78 is 5.53. The second kappa shape index (κ2) is 8.26. The molecule has 9 heteroatoms. The number of anilines is 1. The third-order valence-corrected chi connectivity index (χ3v) is 7.45. The Labute approximate surface area is 201 Å². The van der Waals surface area contributed by atoms with E-state index >= 15 is 0 Å². The molecule has 178 valence electrons. The van der Waals surface area contributed by atoms with Crippen LogP contribution in [0.5, 0.6) is 0 Å². The van der Waals surface area contributed by atoms with E-state index in [0.717, 1.165) is 22.3 Å². The Bertz CT molecular complexity index is 1290. The van der Waals surface area contributed by atoms with Crippen molar-refractivity contribution in [2.45, 2.75) is 12.3 Å². The minimum Gasteiger partial charge on any atom is -0.481 e. The van der Waals surface area contributed by atoms with E-state index in [-0.39, 0.29) is 47.7 Å². The molecule has 6 rings (SSSR count). The summed E-state index contributed by atoms with van der Waals surface area (Å²) in [6.07, 6.45) is 0.0345. The molecule has 3 atom stereocenters. The second-order valence-electron chi connectivity index (χ2n) is 9.35. The van der Waals surface area contributed by atoms with Crippen LogP contribution in [0.2, 0.25) is 0 Å². The smallest absolute Gasteiger partial charge is 0.412 e. The lowest BCUT2D eigenvalue weighted by molar-refractivity contribution is -0.139. The molecule has 2 fully saturated rings. The molecule has 9 nitrogen and oxygen atoms in total. The van der Waals surface area contributed by atoms with Crippen LogP contribution in [0.3, 0.4) is 0 Å². The number of fused-ring (bicyclic) bond motifs is 4. The minimum absolute atomic E-state index is 0.0199. The summed E-state index contributed by atoms with van der Waals surface area (Å²) in [5.41, 5.74) is 4.79. The van der Waals surface area contributed by atoms with Crippen LogP contribution in [0.25, 0.3) is 11.1 Å². The maximum absolute atomic E-state index is 12.8. The number of likely N-dealkylation sites (tertiary alicyclic amines) is 1. The molecule has 1 saturated carbocycles. The number of hydrogen-bond donors (Lipinski definition) is 3. The van der Waals surface area contributed by atoms with Crippen molar-refractivity contribution in [3.8, 4) is 11.1 Å². The van der Waals surface area contributed by atoms with Crippen molar-refractivity contribution < 1.29 is 24.2 Å². The summed E-state index contributed by atoms with van der Waals surface area (Å²) in [4.78, 5) is 38.2. The number of benzene rings is 2. The van der Waals surface area contributed by atoms with Gasteiger partial charge >= 0.3 is 12.1 Å². The summed E-state index contributed by atoms with van der Waals surface area (Å²) in [5.74, 6) is -1.06. The van der Waals surface area contributed by atoms with E-state index in [2.05, 4.69) is 39.8 Å². The summed E-state index contributed by atoms with van der Waals surface area (Å²) in [7, 11) is 0. The lowest BCUT2D eigenvalue weighted by atomic mass is 9.98. The van der Waals surface area contributed by atoms with Crippen LogP contribution in [0.1, 0.15) is 34.0 Å². The molecule has 2 heterocycles. The molecule has 0 radical (unpaired) electrons. The van der Waals surface area contributed by atoms with E-state index in [1.165, 1.54) is 6.07 Å². The van der Waals surface area contributed by atoms with Crippen LogP contribution in [-0.4, -0.2) is 57.9 Å². The van der Waals surface area contributed by atoms with Crippen LogP contribution in [0.15, 0.2) is 54.6 Å². The predicted octanol–water partition coefficient (Wildman–Crippen LogP) is 3.56. The molecule has 0 bridgehead atoms. The first-order valence-corrected chi connectivity index (χ1v) is 11.7. The molecule has 0 spiro atoms. The van der Waals surface area contributed by atoms with Crippen LogP contribution < -0.4 is 5.32 Å². The van der Waals surface area contributed by atoms with E-state index in [9.17, 15) is 19.5 Å². The second-order valence-corrected chi connectivity index (χ2v) is 9.35. The summed E-state index contributed by atoms with van der Waals surface area (Å²) in [6, 6.07) is 17.7. The van der Waals surface area contributed by atoms with Crippen LogP contribution in [0, 0.1) is 17.8 Å². The molecule has 2 amide bonds. The summed E-state index contributed by atoms with van der Waals surface area (Å²) in [6.45, 7) is 1.11. The number of aromatic amines is 1. The first-order valence-electron chi connectivity index (χ1n) is 11.7. The molecule has 3 aromatic rings. The maximum atomic E-state index is 12.8. The van der Waals surface area contributed by atoms with Gasteiger partial charge in [0.15, 0.2) is 5.82 Å². The highest BCUT2D eigenvalue weighted by Crippen LogP contribution is 2.51. The van der Waals surface area contributed by atoms with Crippen LogP contribution >= 0.6 is 0 Å². The predicted molar refractivity (Wildman–Crippen MR) is 126 cm³/mol. The lowest BCUT2D eigenvalue weighted by Crippen LogP contribution is -2.37. The van der Waals surface area contributed by atoms with Gasteiger partial charge in [-0.15, -0.1) is 0 Å². The molecular formula is C26H24N4O5. The van der Waals surface area contributed by atoms with Crippen molar-refractivity contribution in [1.29, 1.82) is 0 Å². The monoisotopic (exact) mass is 472 g/mol. The van der Waals surface area contributed by atoms with E-state index in [0.29, 0.717) is 19.5 Å². The molecule has 3 unspecified atom stereocenters. The zero-order valence-electron chi connectivity index (χ0n) is 18.8. The van der Waals surface area contributed by atoms with Crippen LogP contribution in [0.4, 0.5) is 10.6 Å². The number of aromatic nitrogens is 2. The van der Waals surface area contributed by atoms with Gasteiger partial charge in [-0.1, -0.05) is 48.5 Å². The van der Waals surface area contributed by atoms with Crippen molar-refractivity contribution in [2.75, 3.05) is 25.0 Å². The average Bonchev–Trinajstić information content (AvgIpc) is 3.26. The minimum atomic E-state index is -0.787. The Morgan fingerprint density at radius 3 is 2.43 bits per heavy atom. The van der Waals surface area contributed by atoms with Gasteiger partial charge in [0.25, 0.3) is 5.91 Å². The van der Waals surface area contributed by atoms with Crippen molar-refractivity contribution in [1.82, 2.24) is 15.1 Å². The number of hydrogen-bond acceptors (Lipinski definition) is 5. The Kier molecular flexibility index (Phi) is 5.05. The van der Waals surface area contributed by atoms with Crippen LogP contribution in [-0.2, 0) is 9.53 Å². The fraction of sp³-hybridized carbons (Fsp3) is 0.308. The SMILES string of the molecule is O=C(Nc1cc(C(=O)N2CCC3C(C2)C3C(=O)O)[nH]n1)OCC1c2ccccc2-c2ccccc21. The highest BCUT2D eigenvalue weighted by atomic mass is 16.5. The Balaban J connectivity index is 1.07. The van der Waals surface area contributed by atoms with Gasteiger partial charge in [-0.2, -0.15) is 5.10 Å². The largest absolute Gasteiger partial charge is 0.481 e. The molecule has 1 saturated heterocycles. The molecule has 2 aliphatic carbocycles. The Morgan fingerprint density at radius 1 is 1.06 bits per heavy atom. The first-order chi connectivity index (χ1) is 17.0. The normalized spacial score (nSPS) is 22.1. The number of aliphatic carboxylic acids is 1. The standard InChI is InChI=1S/C26H24N4O5/c31-24(30-10-9-18-19(12-30)23(18)25(32)33)21-11-22(29-28-21)27-26(34)35-13-20-16-7-3-1-5-14(16)15-6-2-4-8-17(15)20/h1-8,11,18-20,23H,9-10,12-13H2,(H,32,33)(H2,27,28,29,34). The van der Waals surface area contributed by atoms with Gasteiger partial charge in [-0.3, -0.25) is 20.0 Å². The molecule has 2 aromatic carbocycles. The highest BCUT2D eigenvalue weighted by Gasteiger charge is 2.57. The van der Waals surface area contributed by atoms with Crippen molar-refractivity contribution in [3.05, 3.63) is 71.4 Å². The number of H-pyrrole nitrogens is 1. The van der Waals surface area contributed by atoms with E-state index in [1.54, 1.807) is 4.90 Å². The summed E-state index contributed by atoms with van der Waals surface area (Å²) >= 11 is 0. The zero-order chi connectivity index (χ0) is 24.1. The third kappa shape index (κ3) is 3.73. The number of carbonyl (C=O) groups is 3. The number of ether oxygens (including phenoxy) is 1. The number of carbonyl (C=O) groups excluding carboxylic acids is 2. The number of rotatable bonds is 5. The number of amides is 2. The number of piperidine rings is 1. The third-order valence-electron chi connectivity index (χ3n) is 7.45. The maximum Gasteiger partial charge on any atom is 0.412 e. The van der Waals surface area contributed by atoms with Gasteiger partial charge in [0, 0.05) is 25.1 Å². The van der Waals surface area contributed by atoms with Crippen molar-refractivity contribution >= 4 is 23.8 Å². The van der Waals surface area contributed by atoms with E-state index in [1.807, 2.05) is 24.3 Å². The quantitative estimate of drug-likeness (QED) is 0.522. The van der Waals surface area contributed by atoms with Gasteiger partial charge in [-0.25, -0.2) is 4.79 Å². The molecule has 3 N–H and O–H groups in total. The highest BCUT2D eigenvalue weighted by molar-refractivity contribution is 5.94. The fourth-order valence-corrected chi connectivity index (χ4v) is 5.69. The number of carboxylic acid groups (broad SMARTS) is 1. The van der Waals surface area contributed by atoms with Gasteiger partial charge in [0.1, 0.15) is 12.3 Å². The van der Waals surface area contributed by atoms with E-state index in [4.69, 9.17) is 4.74 Å². The van der Waals surface area contributed by atoms with Crippen molar-refractivity contribution in [2.24, 2.45) is 17.8 Å². The van der Waals surface area contributed by atoms with Gasteiger partial charge in [-0.05, 0) is 40.5 Å². The molecule has 3 aliphatic rings. The molecule has 1 aliphatic heterocycles. The molecular weight excluding hydrogens is 448 g/mol. The lowest BCUT2D eigenvalue weighted by Gasteiger charge is -2.25. The van der Waals surface area contributed by atoms with Gasteiger partial charge in [0.2, 0.25) is 0 Å². The van der Waals surface area contributed by atoms with E-state index < -0.39 is 12.1 Å². The van der Waals surface area contributed by atoms with Gasteiger partial charge in [0.05, 0.1) is 5.92 Å². The van der Waals surface area contributed by atoms with Gasteiger partial charge < -0.3 is 14.7 Å². The number of nitrogens with zero attached hydrogens (tertiary/aromatic N) is 2. The number of nitrogens with one attached hydrogen (secondary N) is 2. The first kappa shape index (κ1) is 21.4. The number of carboxylic acids is 1. The topological polar surface area (TPSA) is 125 Å². The van der Waals surface area contributed by atoms with Crippen molar-refractivity contribution in [3.63, 3.8) is 0 Å². The Hall–Kier alpha value is -4.14. The molecule has 35 heavy (non-hydrogen) atoms. The summed E-state index contributed by atoms with van der Waals surface area (Å²) in [5, 5.41) is 18.5. The Morgan fingerprint density at radius 2 is 1.74 bits per heavy atom.